The van der Waals surface area contributed by atoms with E-state index >= 15 is 0 Å². The highest BCUT2D eigenvalue weighted by Gasteiger charge is 2.26. The maximum Gasteiger partial charge on any atom is 0.222 e. The van der Waals surface area contributed by atoms with Gasteiger partial charge in [0.05, 0.1) is 6.10 Å². The van der Waals surface area contributed by atoms with Crippen LogP contribution in [0.5, 0.6) is 0 Å². The Morgan fingerprint density at radius 2 is 1.88 bits per heavy atom. The van der Waals surface area contributed by atoms with Crippen molar-refractivity contribution in [2.24, 2.45) is 17.8 Å². The average Bonchev–Trinajstić information content (AvgIpc) is 2.56. The van der Waals surface area contributed by atoms with Gasteiger partial charge in [0.15, 0.2) is 0 Å². The molecule has 3 unspecified atom stereocenters. The molecule has 0 aromatic carbocycles. The molecule has 7 heteroatoms. The predicted molar refractivity (Wildman–Crippen MR) is 112 cm³/mol. The Kier molecular flexibility index (Phi) is 13.1. The highest BCUT2D eigenvalue weighted by atomic mass is 35.5. The van der Waals surface area contributed by atoms with Crippen LogP contribution in [-0.4, -0.2) is 73.2 Å². The molecule has 1 amide bonds. The molecule has 0 bridgehead atoms. The van der Waals surface area contributed by atoms with Crippen LogP contribution in [0, 0.1) is 17.8 Å². The lowest BCUT2D eigenvalue weighted by atomic mass is 9.85. The van der Waals surface area contributed by atoms with Crippen molar-refractivity contribution in [2.75, 3.05) is 46.3 Å². The van der Waals surface area contributed by atoms with Crippen LogP contribution in [0.25, 0.3) is 0 Å². The lowest BCUT2D eigenvalue weighted by molar-refractivity contribution is -0.132. The summed E-state index contributed by atoms with van der Waals surface area (Å²) in [6.45, 7) is 10.0. The van der Waals surface area contributed by atoms with Crippen LogP contribution < -0.4 is 5.32 Å². The fourth-order valence-electron chi connectivity index (χ4n) is 4.18. The minimum atomic E-state index is -0.249. The Labute approximate surface area is 172 Å². The molecule has 0 aromatic rings. The van der Waals surface area contributed by atoms with Crippen molar-refractivity contribution < 1.29 is 9.90 Å². The minimum Gasteiger partial charge on any atom is -0.392 e. The Balaban J connectivity index is 0.00000312. The van der Waals surface area contributed by atoms with Crippen LogP contribution in [0.2, 0.25) is 0 Å². The molecule has 26 heavy (non-hydrogen) atoms. The molecule has 2 fully saturated rings. The summed E-state index contributed by atoms with van der Waals surface area (Å²) < 4.78 is 0. The maximum absolute atomic E-state index is 12.5. The molecule has 0 radical (unpaired) electrons. The van der Waals surface area contributed by atoms with E-state index in [1.54, 1.807) is 0 Å². The number of rotatable bonds is 7. The number of amides is 1. The van der Waals surface area contributed by atoms with E-state index < -0.39 is 0 Å². The molecule has 2 saturated heterocycles. The highest BCUT2D eigenvalue weighted by molar-refractivity contribution is 5.85. The van der Waals surface area contributed by atoms with Crippen molar-refractivity contribution >= 4 is 30.7 Å². The first-order chi connectivity index (χ1) is 11.5. The van der Waals surface area contributed by atoms with Crippen LogP contribution in [0.1, 0.15) is 46.0 Å². The lowest BCUT2D eigenvalue weighted by Gasteiger charge is -2.35. The number of halogens is 2. The van der Waals surface area contributed by atoms with E-state index in [4.69, 9.17) is 0 Å². The fourth-order valence-corrected chi connectivity index (χ4v) is 4.18. The van der Waals surface area contributed by atoms with Gasteiger partial charge in [0.1, 0.15) is 0 Å². The SMILES string of the molecule is CC(O)CN1CCC(CN(C)C(=O)CC(C)C2CCCNC2)CC1.Cl.Cl. The summed E-state index contributed by atoms with van der Waals surface area (Å²) in [6.07, 6.45) is 5.20. The molecule has 2 aliphatic heterocycles. The highest BCUT2D eigenvalue weighted by Crippen LogP contribution is 2.24. The second-order valence-corrected chi connectivity index (χ2v) is 8.16. The number of aliphatic hydroxyl groups excluding tert-OH is 1. The van der Waals surface area contributed by atoms with Crippen molar-refractivity contribution in [3.05, 3.63) is 0 Å². The molecule has 5 nitrogen and oxygen atoms in total. The van der Waals surface area contributed by atoms with Crippen molar-refractivity contribution in [3.63, 3.8) is 0 Å². The van der Waals surface area contributed by atoms with Crippen molar-refractivity contribution in [1.29, 1.82) is 0 Å². The summed E-state index contributed by atoms with van der Waals surface area (Å²) >= 11 is 0. The van der Waals surface area contributed by atoms with Gasteiger partial charge in [0.25, 0.3) is 0 Å². The molecule has 0 spiro atoms. The number of piperidine rings is 2. The minimum absolute atomic E-state index is 0. The first kappa shape index (κ1) is 25.9. The Hall–Kier alpha value is -0.0700. The molecule has 0 saturated carbocycles. The third-order valence-electron chi connectivity index (χ3n) is 5.82. The number of nitrogens with one attached hydrogen (secondary N) is 1. The van der Waals surface area contributed by atoms with Gasteiger partial charge >= 0.3 is 0 Å². The summed E-state index contributed by atoms with van der Waals surface area (Å²) in [5, 5.41) is 12.9. The fraction of sp³-hybridized carbons (Fsp3) is 0.947. The molecule has 2 N–H and O–H groups in total. The van der Waals surface area contributed by atoms with Gasteiger partial charge in [-0.1, -0.05) is 6.92 Å². The summed E-state index contributed by atoms with van der Waals surface area (Å²) in [4.78, 5) is 16.8. The summed E-state index contributed by atoms with van der Waals surface area (Å²) in [5.41, 5.74) is 0. The number of aliphatic hydroxyl groups is 1. The standard InChI is InChI=1S/C19H37N3O2.2ClH/c1-15(18-5-4-8-20-12-18)11-19(24)21(3)14-17-6-9-22(10-7-17)13-16(2)23;;/h15-18,20,23H,4-14H2,1-3H3;2*1H. The van der Waals surface area contributed by atoms with Gasteiger partial charge in [0, 0.05) is 26.6 Å². The summed E-state index contributed by atoms with van der Waals surface area (Å²) in [5.74, 6) is 2.04. The van der Waals surface area contributed by atoms with Crippen molar-refractivity contribution in [1.82, 2.24) is 15.1 Å². The molecule has 2 aliphatic rings. The van der Waals surface area contributed by atoms with Gasteiger partial charge < -0.3 is 20.2 Å². The van der Waals surface area contributed by atoms with Gasteiger partial charge in [-0.05, 0) is 76.5 Å². The van der Waals surface area contributed by atoms with E-state index in [-0.39, 0.29) is 30.9 Å². The number of β-amino-alcohol motifs (C(OH)–C–C–N with tert-alkyl or cyclic N) is 1. The number of nitrogens with zero attached hydrogens (tertiary/aromatic N) is 2. The molecule has 0 aromatic heterocycles. The van der Waals surface area contributed by atoms with Gasteiger partial charge in [-0.3, -0.25) is 4.79 Å². The van der Waals surface area contributed by atoms with Crippen molar-refractivity contribution in [3.8, 4) is 0 Å². The zero-order valence-corrected chi connectivity index (χ0v) is 18.3. The normalized spacial score (nSPS) is 24.1. The Bertz CT molecular complexity index is 385. The third-order valence-corrected chi connectivity index (χ3v) is 5.82. The van der Waals surface area contributed by atoms with E-state index in [2.05, 4.69) is 17.1 Å². The Morgan fingerprint density at radius 3 is 2.42 bits per heavy atom. The molecule has 3 atom stereocenters. The summed E-state index contributed by atoms with van der Waals surface area (Å²) in [6, 6.07) is 0. The first-order valence-electron chi connectivity index (χ1n) is 9.80. The van der Waals surface area contributed by atoms with Crippen LogP contribution in [-0.2, 0) is 4.79 Å². The van der Waals surface area contributed by atoms with Gasteiger partial charge in [-0.25, -0.2) is 0 Å². The quantitative estimate of drug-likeness (QED) is 0.674. The predicted octanol–water partition coefficient (Wildman–Crippen LogP) is 2.41. The number of hydrogen-bond donors (Lipinski definition) is 2. The first-order valence-corrected chi connectivity index (χ1v) is 9.80. The smallest absolute Gasteiger partial charge is 0.222 e. The average molecular weight is 412 g/mol. The second-order valence-electron chi connectivity index (χ2n) is 8.16. The van der Waals surface area contributed by atoms with Gasteiger partial charge in [0.2, 0.25) is 5.91 Å². The van der Waals surface area contributed by atoms with E-state index in [1.807, 2.05) is 18.9 Å². The third kappa shape index (κ3) is 8.75. The van der Waals surface area contributed by atoms with Crippen LogP contribution >= 0.6 is 24.8 Å². The molecule has 156 valence electrons. The molecule has 2 heterocycles. The van der Waals surface area contributed by atoms with E-state index in [0.717, 1.165) is 52.1 Å². The molecular weight excluding hydrogens is 373 g/mol. The monoisotopic (exact) mass is 411 g/mol. The Morgan fingerprint density at radius 1 is 1.23 bits per heavy atom. The molecular formula is C19H39Cl2N3O2. The van der Waals surface area contributed by atoms with Gasteiger partial charge in [-0.15, -0.1) is 24.8 Å². The zero-order chi connectivity index (χ0) is 17.5. The van der Waals surface area contributed by atoms with E-state index in [9.17, 15) is 9.90 Å². The largest absolute Gasteiger partial charge is 0.392 e. The topological polar surface area (TPSA) is 55.8 Å². The number of hydrogen-bond acceptors (Lipinski definition) is 4. The number of carbonyl (C=O) groups excluding carboxylic acids is 1. The van der Waals surface area contributed by atoms with Crippen molar-refractivity contribution in [2.45, 2.75) is 52.1 Å². The molecule has 0 aliphatic carbocycles. The van der Waals surface area contributed by atoms with Crippen LogP contribution in [0.4, 0.5) is 0 Å². The maximum atomic E-state index is 12.5. The zero-order valence-electron chi connectivity index (χ0n) is 16.7. The molecule has 2 rings (SSSR count). The summed E-state index contributed by atoms with van der Waals surface area (Å²) in [7, 11) is 1.97. The van der Waals surface area contributed by atoms with Crippen LogP contribution in [0.15, 0.2) is 0 Å². The van der Waals surface area contributed by atoms with E-state index in [0.29, 0.717) is 30.1 Å². The second kappa shape index (κ2) is 13.2. The number of likely N-dealkylation sites (tertiary alicyclic amines) is 1. The van der Waals surface area contributed by atoms with Gasteiger partial charge in [-0.2, -0.15) is 0 Å². The lowest BCUT2D eigenvalue weighted by Crippen LogP contribution is -2.42. The van der Waals surface area contributed by atoms with E-state index in [1.165, 1.54) is 12.8 Å². The van der Waals surface area contributed by atoms with Crippen LogP contribution in [0.3, 0.4) is 0 Å². The number of carbonyl (C=O) groups is 1.